The first-order valence-electron chi connectivity index (χ1n) is 5.77. The summed E-state index contributed by atoms with van der Waals surface area (Å²) in [5.74, 6) is -0.990. The number of rotatable bonds is 6. The van der Waals surface area contributed by atoms with Gasteiger partial charge in [0.2, 0.25) is 0 Å². The van der Waals surface area contributed by atoms with Crippen molar-refractivity contribution in [2.75, 3.05) is 20.6 Å². The van der Waals surface area contributed by atoms with E-state index in [4.69, 9.17) is 5.11 Å². The fraction of sp³-hybridized carbons (Fsp3) is 0.900. The van der Waals surface area contributed by atoms with Crippen molar-refractivity contribution >= 4 is 16.2 Å². The van der Waals surface area contributed by atoms with Gasteiger partial charge in [-0.15, -0.1) is 0 Å². The van der Waals surface area contributed by atoms with Crippen molar-refractivity contribution in [1.29, 1.82) is 0 Å². The molecule has 1 saturated carbocycles. The lowest BCUT2D eigenvalue weighted by atomic mass is 10.3. The molecular weight excluding hydrogens is 244 g/mol. The predicted octanol–water partition coefficient (Wildman–Crippen LogP) is 0.512. The normalized spacial score (nSPS) is 18.1. The molecule has 1 N–H and O–H groups in total. The molecule has 0 aromatic carbocycles. The number of carbonyl (C=O) groups is 1. The lowest BCUT2D eigenvalue weighted by molar-refractivity contribution is -0.137. The Kier molecular flexibility index (Phi) is 4.91. The van der Waals surface area contributed by atoms with Gasteiger partial charge in [0.05, 0.1) is 6.42 Å². The van der Waals surface area contributed by atoms with E-state index < -0.39 is 16.2 Å². The maximum absolute atomic E-state index is 12.1. The third kappa shape index (κ3) is 3.65. The second-order valence-electron chi connectivity index (χ2n) is 4.43. The van der Waals surface area contributed by atoms with E-state index in [1.54, 1.807) is 7.05 Å². The number of hydrogen-bond acceptors (Lipinski definition) is 3. The lowest BCUT2D eigenvalue weighted by Gasteiger charge is -2.28. The molecule has 0 spiro atoms. The summed E-state index contributed by atoms with van der Waals surface area (Å²) in [6, 6.07) is 0.0623. The van der Waals surface area contributed by atoms with Crippen LogP contribution in [0.5, 0.6) is 0 Å². The highest BCUT2D eigenvalue weighted by Crippen LogP contribution is 2.25. The molecule has 0 aromatic heterocycles. The Labute approximate surface area is 102 Å². The van der Waals surface area contributed by atoms with Crippen molar-refractivity contribution in [3.05, 3.63) is 0 Å². The van der Waals surface area contributed by atoms with Crippen molar-refractivity contribution in [2.45, 2.75) is 38.1 Å². The largest absolute Gasteiger partial charge is 0.481 e. The predicted molar refractivity (Wildman–Crippen MR) is 63.8 cm³/mol. The monoisotopic (exact) mass is 264 g/mol. The standard InChI is InChI=1S/C10H20N2O4S/c1-11(8-7-10(13)14)17(15,16)12(2)9-5-3-4-6-9/h9H,3-8H2,1-2H3,(H,13,14). The second-order valence-corrected chi connectivity index (χ2v) is 6.52. The zero-order valence-electron chi connectivity index (χ0n) is 10.3. The van der Waals surface area contributed by atoms with Crippen LogP contribution in [0.2, 0.25) is 0 Å². The minimum absolute atomic E-state index is 0.00866. The van der Waals surface area contributed by atoms with Crippen molar-refractivity contribution < 1.29 is 18.3 Å². The van der Waals surface area contributed by atoms with Gasteiger partial charge >= 0.3 is 5.97 Å². The summed E-state index contributed by atoms with van der Waals surface area (Å²) in [6.45, 7) is 0.00866. The number of carboxylic acid groups (broad SMARTS) is 1. The molecule has 0 aliphatic heterocycles. The van der Waals surface area contributed by atoms with Crippen molar-refractivity contribution in [3.63, 3.8) is 0 Å². The molecule has 0 aromatic rings. The smallest absolute Gasteiger partial charge is 0.304 e. The van der Waals surface area contributed by atoms with E-state index in [1.807, 2.05) is 0 Å². The van der Waals surface area contributed by atoms with Crippen LogP contribution in [0.15, 0.2) is 0 Å². The zero-order chi connectivity index (χ0) is 13.1. The van der Waals surface area contributed by atoms with Crippen LogP contribution in [-0.2, 0) is 15.0 Å². The molecule has 1 aliphatic rings. The zero-order valence-corrected chi connectivity index (χ0v) is 11.1. The van der Waals surface area contributed by atoms with Crippen LogP contribution in [0.3, 0.4) is 0 Å². The summed E-state index contributed by atoms with van der Waals surface area (Å²) in [5.41, 5.74) is 0. The molecule has 100 valence electrons. The first-order chi connectivity index (χ1) is 7.85. The fourth-order valence-corrected chi connectivity index (χ4v) is 3.39. The fourth-order valence-electron chi connectivity index (χ4n) is 2.04. The van der Waals surface area contributed by atoms with Crippen LogP contribution >= 0.6 is 0 Å². The van der Waals surface area contributed by atoms with Crippen molar-refractivity contribution in [3.8, 4) is 0 Å². The van der Waals surface area contributed by atoms with Gasteiger partial charge in [-0.05, 0) is 12.8 Å². The third-order valence-corrected chi connectivity index (χ3v) is 5.23. The summed E-state index contributed by atoms with van der Waals surface area (Å²) < 4.78 is 26.7. The van der Waals surface area contributed by atoms with Gasteiger partial charge in [-0.3, -0.25) is 4.79 Å². The summed E-state index contributed by atoms with van der Waals surface area (Å²) in [7, 11) is -0.522. The molecule has 1 rings (SSSR count). The Morgan fingerprint density at radius 3 is 2.29 bits per heavy atom. The summed E-state index contributed by atoms with van der Waals surface area (Å²) in [6.07, 6.45) is 3.73. The van der Waals surface area contributed by atoms with E-state index in [2.05, 4.69) is 0 Å². The molecule has 0 atom stereocenters. The van der Waals surface area contributed by atoms with Crippen LogP contribution in [0, 0.1) is 0 Å². The lowest BCUT2D eigenvalue weighted by Crippen LogP contribution is -2.44. The molecule has 0 heterocycles. The first-order valence-corrected chi connectivity index (χ1v) is 7.16. The average Bonchev–Trinajstić information content (AvgIpc) is 2.77. The maximum Gasteiger partial charge on any atom is 0.304 e. The second kappa shape index (κ2) is 5.79. The highest BCUT2D eigenvalue weighted by atomic mass is 32.2. The molecule has 6 nitrogen and oxygen atoms in total. The van der Waals surface area contributed by atoms with Gasteiger partial charge in [0.15, 0.2) is 0 Å². The van der Waals surface area contributed by atoms with Gasteiger partial charge in [-0.1, -0.05) is 12.8 Å². The SMILES string of the molecule is CN(CCC(=O)O)S(=O)(=O)N(C)C1CCCC1. The minimum atomic E-state index is -3.51. The number of hydrogen-bond donors (Lipinski definition) is 1. The van der Waals surface area contributed by atoms with E-state index in [1.165, 1.54) is 11.4 Å². The molecular formula is C10H20N2O4S. The highest BCUT2D eigenvalue weighted by Gasteiger charge is 2.31. The Hall–Kier alpha value is -0.660. The van der Waals surface area contributed by atoms with Crippen LogP contribution in [0.1, 0.15) is 32.1 Å². The summed E-state index contributed by atoms with van der Waals surface area (Å²) in [5, 5.41) is 8.54. The van der Waals surface area contributed by atoms with E-state index >= 15 is 0 Å². The van der Waals surface area contributed by atoms with Gasteiger partial charge in [0.1, 0.15) is 0 Å². The van der Waals surface area contributed by atoms with Crippen LogP contribution in [-0.4, -0.2) is 54.8 Å². The molecule has 0 radical (unpaired) electrons. The molecule has 0 bridgehead atoms. The highest BCUT2D eigenvalue weighted by molar-refractivity contribution is 7.86. The summed E-state index contributed by atoms with van der Waals surface area (Å²) in [4.78, 5) is 10.4. The van der Waals surface area contributed by atoms with Gasteiger partial charge in [-0.25, -0.2) is 0 Å². The molecule has 0 saturated heterocycles. The number of nitrogens with zero attached hydrogens (tertiary/aromatic N) is 2. The third-order valence-electron chi connectivity index (χ3n) is 3.24. The van der Waals surface area contributed by atoms with Gasteiger partial charge in [0, 0.05) is 26.7 Å². The van der Waals surface area contributed by atoms with Crippen LogP contribution in [0.4, 0.5) is 0 Å². The van der Waals surface area contributed by atoms with Crippen molar-refractivity contribution in [2.24, 2.45) is 0 Å². The van der Waals surface area contributed by atoms with E-state index in [0.29, 0.717) is 0 Å². The molecule has 7 heteroatoms. The van der Waals surface area contributed by atoms with Crippen LogP contribution in [0.25, 0.3) is 0 Å². The van der Waals surface area contributed by atoms with E-state index in [0.717, 1.165) is 30.0 Å². The van der Waals surface area contributed by atoms with Gasteiger partial charge < -0.3 is 5.11 Å². The van der Waals surface area contributed by atoms with Gasteiger partial charge in [0.25, 0.3) is 10.2 Å². The Morgan fingerprint density at radius 2 is 1.82 bits per heavy atom. The topological polar surface area (TPSA) is 77.9 Å². The Morgan fingerprint density at radius 1 is 1.29 bits per heavy atom. The quantitative estimate of drug-likeness (QED) is 0.758. The maximum atomic E-state index is 12.1. The molecule has 0 amide bonds. The Bertz CT molecular complexity index is 363. The Balaban J connectivity index is 2.62. The number of carboxylic acids is 1. The summed E-state index contributed by atoms with van der Waals surface area (Å²) >= 11 is 0. The molecule has 1 aliphatic carbocycles. The first kappa shape index (κ1) is 14.4. The minimum Gasteiger partial charge on any atom is -0.481 e. The molecule has 1 fully saturated rings. The molecule has 17 heavy (non-hydrogen) atoms. The molecule has 0 unspecified atom stereocenters. The van der Waals surface area contributed by atoms with E-state index in [-0.39, 0.29) is 19.0 Å². The van der Waals surface area contributed by atoms with Gasteiger partial charge in [-0.2, -0.15) is 17.0 Å². The number of aliphatic carboxylic acids is 1. The van der Waals surface area contributed by atoms with Crippen LogP contribution < -0.4 is 0 Å². The van der Waals surface area contributed by atoms with Crippen molar-refractivity contribution in [1.82, 2.24) is 8.61 Å². The average molecular weight is 264 g/mol. The van der Waals surface area contributed by atoms with E-state index in [9.17, 15) is 13.2 Å².